The number of carbonyl (C=O) groups excluding carboxylic acids is 1. The van der Waals surface area contributed by atoms with Gasteiger partial charge in [0.2, 0.25) is 0 Å². The number of hydrogen-bond acceptors (Lipinski definition) is 4. The normalized spacial score (nSPS) is 11.6. The SMILES string of the molecule is O=C(c1ccnc2cccnc12)P(=O)(O)O. The van der Waals surface area contributed by atoms with Gasteiger partial charge < -0.3 is 9.79 Å². The minimum absolute atomic E-state index is 0.112. The third-order valence-corrected chi connectivity index (χ3v) is 2.76. The lowest BCUT2D eigenvalue weighted by Crippen LogP contribution is -2.02. The molecular weight excluding hydrogens is 231 g/mol. The smallest absolute Gasteiger partial charge is 0.319 e. The van der Waals surface area contributed by atoms with Crippen molar-refractivity contribution in [1.82, 2.24) is 9.97 Å². The molecule has 0 fully saturated rings. The van der Waals surface area contributed by atoms with Crippen molar-refractivity contribution >= 4 is 24.2 Å². The summed E-state index contributed by atoms with van der Waals surface area (Å²) in [5.74, 6) is 0. The predicted molar refractivity (Wildman–Crippen MR) is 55.9 cm³/mol. The molecule has 0 aliphatic heterocycles. The second-order valence-electron chi connectivity index (χ2n) is 3.08. The van der Waals surface area contributed by atoms with Gasteiger partial charge in [0.05, 0.1) is 11.1 Å². The highest BCUT2D eigenvalue weighted by Crippen LogP contribution is 2.40. The Bertz CT molecular complexity index is 602. The number of carbonyl (C=O) groups is 1. The molecule has 0 amide bonds. The molecule has 0 atom stereocenters. The van der Waals surface area contributed by atoms with Crippen molar-refractivity contribution in [1.29, 1.82) is 0 Å². The summed E-state index contributed by atoms with van der Waals surface area (Å²) in [6.07, 6.45) is 2.74. The van der Waals surface area contributed by atoms with Crippen LogP contribution in [0.4, 0.5) is 0 Å². The Kier molecular flexibility index (Phi) is 2.55. The van der Waals surface area contributed by atoms with Crippen LogP contribution in [0.15, 0.2) is 30.6 Å². The van der Waals surface area contributed by atoms with E-state index >= 15 is 0 Å². The first-order valence-corrected chi connectivity index (χ1v) is 5.91. The highest BCUT2D eigenvalue weighted by Gasteiger charge is 2.29. The fourth-order valence-electron chi connectivity index (χ4n) is 1.31. The molecule has 0 aliphatic carbocycles. The molecule has 0 saturated carbocycles. The molecule has 16 heavy (non-hydrogen) atoms. The maximum absolute atomic E-state index is 11.4. The van der Waals surface area contributed by atoms with E-state index < -0.39 is 13.1 Å². The summed E-state index contributed by atoms with van der Waals surface area (Å²) in [6, 6.07) is 4.48. The molecule has 2 aromatic heterocycles. The van der Waals surface area contributed by atoms with Gasteiger partial charge in [-0.15, -0.1) is 0 Å². The van der Waals surface area contributed by atoms with Crippen molar-refractivity contribution in [2.45, 2.75) is 0 Å². The van der Waals surface area contributed by atoms with Crippen LogP contribution in [-0.2, 0) is 4.57 Å². The van der Waals surface area contributed by atoms with Crippen molar-refractivity contribution in [3.8, 4) is 0 Å². The number of aromatic nitrogens is 2. The minimum atomic E-state index is -4.79. The Hall–Kier alpha value is -1.62. The van der Waals surface area contributed by atoms with Gasteiger partial charge in [-0.1, -0.05) is 0 Å². The fraction of sp³-hybridized carbons (Fsp3) is 0. The molecule has 0 spiro atoms. The summed E-state index contributed by atoms with van der Waals surface area (Å²) >= 11 is 0. The van der Waals surface area contributed by atoms with E-state index in [0.717, 1.165) is 0 Å². The molecule has 0 aliphatic rings. The van der Waals surface area contributed by atoms with Crippen LogP contribution in [0.3, 0.4) is 0 Å². The Morgan fingerprint density at radius 1 is 1.19 bits per heavy atom. The van der Waals surface area contributed by atoms with E-state index in [0.29, 0.717) is 5.52 Å². The highest BCUT2D eigenvalue weighted by atomic mass is 31.2. The van der Waals surface area contributed by atoms with E-state index in [-0.39, 0.29) is 11.1 Å². The van der Waals surface area contributed by atoms with Crippen LogP contribution >= 0.6 is 7.60 Å². The molecular formula is C9H7N2O4P. The summed E-state index contributed by atoms with van der Waals surface area (Å²) in [5.41, 5.74) is -0.738. The van der Waals surface area contributed by atoms with Gasteiger partial charge in [-0.3, -0.25) is 19.3 Å². The third kappa shape index (κ3) is 1.86. The highest BCUT2D eigenvalue weighted by molar-refractivity contribution is 7.71. The lowest BCUT2D eigenvalue weighted by atomic mass is 10.2. The standard InChI is InChI=1S/C9H7N2O4P/c12-9(16(13,14)15)6-3-5-10-7-2-1-4-11-8(6)7/h1-5H,(H2,13,14,15). The first kappa shape index (κ1) is 10.9. The summed E-state index contributed by atoms with van der Waals surface area (Å²) in [4.78, 5) is 36.9. The topological polar surface area (TPSA) is 100 Å². The minimum Gasteiger partial charge on any atom is -0.319 e. The Balaban J connectivity index is 2.71. The maximum atomic E-state index is 11.4. The third-order valence-electron chi connectivity index (χ3n) is 1.99. The van der Waals surface area contributed by atoms with Gasteiger partial charge in [0, 0.05) is 12.4 Å². The number of hydrogen-bond donors (Lipinski definition) is 2. The van der Waals surface area contributed by atoms with Crippen LogP contribution in [-0.4, -0.2) is 25.3 Å². The van der Waals surface area contributed by atoms with Gasteiger partial charge in [0.1, 0.15) is 5.52 Å². The van der Waals surface area contributed by atoms with Crippen LogP contribution in [0.5, 0.6) is 0 Å². The van der Waals surface area contributed by atoms with Crippen molar-refractivity contribution < 1.29 is 19.1 Å². The maximum Gasteiger partial charge on any atom is 0.396 e. The molecule has 0 radical (unpaired) electrons. The van der Waals surface area contributed by atoms with E-state index in [2.05, 4.69) is 9.97 Å². The largest absolute Gasteiger partial charge is 0.396 e. The van der Waals surface area contributed by atoms with Gasteiger partial charge in [-0.25, -0.2) is 0 Å². The molecule has 2 rings (SSSR count). The van der Waals surface area contributed by atoms with Gasteiger partial charge >= 0.3 is 7.60 Å². The van der Waals surface area contributed by atoms with E-state index in [9.17, 15) is 9.36 Å². The first-order chi connectivity index (χ1) is 7.50. The fourth-order valence-corrected chi connectivity index (χ4v) is 1.80. The summed E-state index contributed by atoms with van der Waals surface area (Å²) in [6.45, 7) is 0. The van der Waals surface area contributed by atoms with Crippen molar-refractivity contribution in [3.05, 3.63) is 36.2 Å². The van der Waals surface area contributed by atoms with E-state index in [1.807, 2.05) is 0 Å². The number of fused-ring (bicyclic) bond motifs is 1. The molecule has 0 saturated heterocycles. The van der Waals surface area contributed by atoms with Gasteiger partial charge in [0.15, 0.2) is 0 Å². The lowest BCUT2D eigenvalue weighted by Gasteiger charge is -2.04. The van der Waals surface area contributed by atoms with Crippen molar-refractivity contribution in [2.24, 2.45) is 0 Å². The molecule has 2 N–H and O–H groups in total. The molecule has 2 heterocycles. The van der Waals surface area contributed by atoms with Crippen LogP contribution < -0.4 is 0 Å². The Morgan fingerprint density at radius 2 is 1.94 bits per heavy atom. The molecule has 6 nitrogen and oxygen atoms in total. The monoisotopic (exact) mass is 238 g/mol. The summed E-state index contributed by atoms with van der Waals surface area (Å²) in [7, 11) is -4.79. The van der Waals surface area contributed by atoms with Crippen LogP contribution in [0.25, 0.3) is 11.0 Å². The van der Waals surface area contributed by atoms with Gasteiger partial charge in [-0.05, 0) is 18.2 Å². The molecule has 2 aromatic rings. The predicted octanol–water partition coefficient (Wildman–Crippen LogP) is 0.948. The second kappa shape index (κ2) is 3.75. The molecule has 82 valence electrons. The average Bonchev–Trinajstić information content (AvgIpc) is 2.26. The average molecular weight is 238 g/mol. The quantitative estimate of drug-likeness (QED) is 0.755. The van der Waals surface area contributed by atoms with E-state index in [1.165, 1.54) is 18.5 Å². The zero-order chi connectivity index (χ0) is 11.8. The summed E-state index contributed by atoms with van der Waals surface area (Å²) < 4.78 is 10.9. The first-order valence-electron chi connectivity index (χ1n) is 4.30. The zero-order valence-electron chi connectivity index (χ0n) is 7.94. The van der Waals surface area contributed by atoms with Crippen LogP contribution in [0.1, 0.15) is 10.4 Å². The lowest BCUT2D eigenvalue weighted by molar-refractivity contribution is 0.104. The van der Waals surface area contributed by atoms with Gasteiger partial charge in [-0.2, -0.15) is 0 Å². The number of pyridine rings is 2. The van der Waals surface area contributed by atoms with Crippen molar-refractivity contribution in [3.63, 3.8) is 0 Å². The summed E-state index contributed by atoms with van der Waals surface area (Å²) in [5, 5.41) is 0. The van der Waals surface area contributed by atoms with Crippen LogP contribution in [0, 0.1) is 0 Å². The molecule has 0 aromatic carbocycles. The zero-order valence-corrected chi connectivity index (χ0v) is 8.83. The van der Waals surface area contributed by atoms with E-state index in [1.54, 1.807) is 12.1 Å². The second-order valence-corrected chi connectivity index (χ2v) is 4.57. The van der Waals surface area contributed by atoms with Crippen LogP contribution in [0.2, 0.25) is 0 Å². The Morgan fingerprint density at radius 3 is 2.62 bits per heavy atom. The van der Waals surface area contributed by atoms with E-state index in [4.69, 9.17) is 9.79 Å². The van der Waals surface area contributed by atoms with Crippen molar-refractivity contribution in [2.75, 3.05) is 0 Å². The molecule has 0 bridgehead atoms. The van der Waals surface area contributed by atoms with Gasteiger partial charge in [0.25, 0.3) is 5.52 Å². The Labute approximate surface area is 90.1 Å². The number of rotatable bonds is 2. The molecule has 7 heteroatoms. The molecule has 0 unspecified atom stereocenters. The number of nitrogens with zero attached hydrogens (tertiary/aromatic N) is 2.